The molecular weight excluding hydrogens is 638 g/mol. The van der Waals surface area contributed by atoms with Crippen molar-refractivity contribution in [2.75, 3.05) is 9.80 Å². The largest absolute Gasteiger partial charge is 0.317 e. The number of rotatable bonds is 4. The average Bonchev–Trinajstić information content (AvgIpc) is 3.12. The van der Waals surface area contributed by atoms with E-state index in [1.54, 1.807) is 6.08 Å². The summed E-state index contributed by atoms with van der Waals surface area (Å²) >= 11 is 13.0. The minimum absolute atomic E-state index is 0.0300. The molecule has 0 atom stereocenters. The van der Waals surface area contributed by atoms with Crippen molar-refractivity contribution in [2.45, 2.75) is 27.7 Å². The molecule has 2 amide bonds. The van der Waals surface area contributed by atoms with Crippen LogP contribution in [-0.4, -0.2) is 21.5 Å². The molecule has 1 aliphatic heterocycles. The Bertz CT molecular complexity index is 1670. The number of hydrogen-bond acceptors (Lipinski definition) is 3. The lowest BCUT2D eigenvalue weighted by Crippen LogP contribution is -2.57. The van der Waals surface area contributed by atoms with Gasteiger partial charge in [-0.3, -0.25) is 19.4 Å². The maximum atomic E-state index is 14.0. The normalized spacial score (nSPS) is 15.0. The minimum atomic E-state index is -0.461. The van der Waals surface area contributed by atoms with Crippen LogP contribution in [0, 0.1) is 27.7 Å². The lowest BCUT2D eigenvalue weighted by atomic mass is 10.0. The molecule has 1 aliphatic rings. The summed E-state index contributed by atoms with van der Waals surface area (Å²) < 4.78 is 3.89. The zero-order valence-electron chi connectivity index (χ0n) is 21.8. The van der Waals surface area contributed by atoms with Crippen molar-refractivity contribution in [3.63, 3.8) is 0 Å². The molecule has 0 radical (unpaired) electrons. The topological polar surface area (TPSA) is 45.6 Å². The maximum Gasteiger partial charge on any atom is 0.270 e. The molecule has 2 heterocycles. The minimum Gasteiger partial charge on any atom is -0.317 e. The van der Waals surface area contributed by atoms with Gasteiger partial charge in [0.2, 0.25) is 0 Å². The van der Waals surface area contributed by atoms with Crippen molar-refractivity contribution in [1.82, 2.24) is 4.57 Å². The summed E-state index contributed by atoms with van der Waals surface area (Å²) in [6.45, 7) is 7.98. The fourth-order valence-corrected chi connectivity index (χ4v) is 5.96. The summed E-state index contributed by atoms with van der Waals surface area (Å²) in [6.07, 6.45) is 1.68. The molecule has 0 unspecified atom stereocenters. The van der Waals surface area contributed by atoms with Gasteiger partial charge < -0.3 is 4.57 Å². The Morgan fingerprint density at radius 2 is 1.28 bits per heavy atom. The van der Waals surface area contributed by atoms with Crippen LogP contribution in [0.1, 0.15) is 28.1 Å². The number of amides is 2. The second-order valence-electron chi connectivity index (χ2n) is 9.44. The van der Waals surface area contributed by atoms with Gasteiger partial charge in [-0.25, -0.2) is 0 Å². The van der Waals surface area contributed by atoms with Gasteiger partial charge in [-0.15, -0.1) is 0 Å². The number of nitrogens with zero attached hydrogens (tertiary/aromatic N) is 3. The smallest absolute Gasteiger partial charge is 0.270 e. The first-order valence-electron chi connectivity index (χ1n) is 12.3. The highest BCUT2D eigenvalue weighted by Crippen LogP contribution is 2.35. The summed E-state index contributed by atoms with van der Waals surface area (Å²) in [6, 6.07) is 22.9. The van der Waals surface area contributed by atoms with Gasteiger partial charge in [0.15, 0.2) is 5.11 Å². The number of aromatic nitrogens is 1. The Morgan fingerprint density at radius 1 is 0.692 bits per heavy atom. The summed E-state index contributed by atoms with van der Waals surface area (Å²) in [5.41, 5.74) is 6.96. The Balaban J connectivity index is 1.69. The zero-order chi connectivity index (χ0) is 28.0. The van der Waals surface area contributed by atoms with Gasteiger partial charge in [0.25, 0.3) is 11.8 Å². The van der Waals surface area contributed by atoms with E-state index >= 15 is 0 Å². The van der Waals surface area contributed by atoms with Crippen LogP contribution in [-0.2, 0) is 9.59 Å². The van der Waals surface area contributed by atoms with Gasteiger partial charge in [0.05, 0.1) is 11.4 Å². The standard InChI is InChI=1S/C31H25Br2N3O2S/c1-18-10-13-25(16-19(18)2)36-30(38)27(29(37)35(31(36)39)23-8-6-5-7-9-23)17-26-20(3)34(21(4)28(26)33)24-14-11-22(32)12-15-24/h5-17H,1-4H3/b27-17-. The van der Waals surface area contributed by atoms with Crippen molar-refractivity contribution in [1.29, 1.82) is 0 Å². The molecule has 0 saturated carbocycles. The number of carbonyl (C=O) groups is 2. The van der Waals surface area contributed by atoms with E-state index in [0.717, 1.165) is 42.7 Å². The van der Waals surface area contributed by atoms with Crippen molar-refractivity contribution >= 4 is 78.5 Å². The van der Waals surface area contributed by atoms with Gasteiger partial charge in [-0.1, -0.05) is 40.2 Å². The van der Waals surface area contributed by atoms with Gasteiger partial charge in [-0.05, 0) is 122 Å². The van der Waals surface area contributed by atoms with Gasteiger partial charge in [0.1, 0.15) is 5.57 Å². The molecule has 0 N–H and O–H groups in total. The van der Waals surface area contributed by atoms with E-state index in [1.165, 1.54) is 9.80 Å². The monoisotopic (exact) mass is 661 g/mol. The van der Waals surface area contributed by atoms with E-state index in [9.17, 15) is 9.59 Å². The molecular formula is C31H25Br2N3O2S. The number of benzene rings is 3. The highest BCUT2D eigenvalue weighted by Gasteiger charge is 2.41. The SMILES string of the molecule is Cc1ccc(N2C(=O)/C(=C\c3c(Br)c(C)n(-c4ccc(Br)cc4)c3C)C(=O)N(c3ccccc3)C2=S)cc1C. The van der Waals surface area contributed by atoms with E-state index in [4.69, 9.17) is 12.2 Å². The first-order valence-corrected chi connectivity index (χ1v) is 14.3. The summed E-state index contributed by atoms with van der Waals surface area (Å²) in [5.74, 6) is -0.919. The predicted octanol–water partition coefficient (Wildman–Crippen LogP) is 7.98. The van der Waals surface area contributed by atoms with Crippen LogP contribution in [0.2, 0.25) is 0 Å². The van der Waals surface area contributed by atoms with Crippen LogP contribution in [0.4, 0.5) is 11.4 Å². The molecule has 8 heteroatoms. The molecule has 0 aliphatic carbocycles. The quantitative estimate of drug-likeness (QED) is 0.126. The fraction of sp³-hybridized carbons (Fsp3) is 0.129. The molecule has 1 aromatic heterocycles. The third-order valence-electron chi connectivity index (χ3n) is 7.00. The first-order chi connectivity index (χ1) is 18.6. The third kappa shape index (κ3) is 4.81. The van der Waals surface area contributed by atoms with Crippen LogP contribution in [0.15, 0.2) is 87.3 Å². The van der Waals surface area contributed by atoms with Crippen LogP contribution in [0.25, 0.3) is 11.8 Å². The van der Waals surface area contributed by atoms with E-state index in [0.29, 0.717) is 11.4 Å². The lowest BCUT2D eigenvalue weighted by molar-refractivity contribution is -0.120. The third-order valence-corrected chi connectivity index (χ3v) is 8.90. The first kappa shape index (κ1) is 27.2. The number of hydrogen-bond donors (Lipinski definition) is 0. The molecule has 5 nitrogen and oxygen atoms in total. The maximum absolute atomic E-state index is 14.0. The van der Waals surface area contributed by atoms with Gasteiger partial charge in [0, 0.05) is 31.6 Å². The van der Waals surface area contributed by atoms with E-state index in [-0.39, 0.29) is 10.7 Å². The second kappa shape index (κ2) is 10.7. The Kier molecular flexibility index (Phi) is 7.46. The van der Waals surface area contributed by atoms with Crippen LogP contribution in [0.5, 0.6) is 0 Å². The van der Waals surface area contributed by atoms with Crippen LogP contribution >= 0.6 is 44.1 Å². The zero-order valence-corrected chi connectivity index (χ0v) is 25.8. The lowest BCUT2D eigenvalue weighted by Gasteiger charge is -2.36. The number of carbonyl (C=O) groups excluding carboxylic acids is 2. The number of halogens is 2. The van der Waals surface area contributed by atoms with Crippen molar-refractivity contribution in [2.24, 2.45) is 0 Å². The summed E-state index contributed by atoms with van der Waals surface area (Å²) in [5, 5.41) is 0.121. The van der Waals surface area contributed by atoms with E-state index < -0.39 is 11.8 Å². The Morgan fingerprint density at radius 3 is 1.90 bits per heavy atom. The average molecular weight is 663 g/mol. The van der Waals surface area contributed by atoms with Gasteiger partial charge >= 0.3 is 0 Å². The molecule has 1 fully saturated rings. The second-order valence-corrected chi connectivity index (χ2v) is 11.5. The highest BCUT2D eigenvalue weighted by molar-refractivity contribution is 9.10. The highest BCUT2D eigenvalue weighted by atomic mass is 79.9. The number of thiocarbonyl (C=S) groups is 1. The van der Waals surface area contributed by atoms with E-state index in [1.807, 2.05) is 100 Å². The number of para-hydroxylation sites is 1. The summed E-state index contributed by atoms with van der Waals surface area (Å²) in [7, 11) is 0. The Hall–Kier alpha value is -3.33. The van der Waals surface area contributed by atoms with Crippen molar-refractivity contribution in [3.05, 3.63) is 115 Å². The van der Waals surface area contributed by atoms with Crippen LogP contribution < -0.4 is 9.80 Å². The molecule has 0 bridgehead atoms. The van der Waals surface area contributed by atoms with Crippen LogP contribution in [0.3, 0.4) is 0 Å². The molecule has 1 saturated heterocycles. The molecule has 0 spiro atoms. The summed E-state index contributed by atoms with van der Waals surface area (Å²) in [4.78, 5) is 30.9. The molecule has 196 valence electrons. The molecule has 39 heavy (non-hydrogen) atoms. The van der Waals surface area contributed by atoms with Gasteiger partial charge in [-0.2, -0.15) is 0 Å². The fourth-order valence-electron chi connectivity index (χ4n) is 4.74. The van der Waals surface area contributed by atoms with Crippen molar-refractivity contribution < 1.29 is 9.59 Å². The molecule has 3 aromatic carbocycles. The predicted molar refractivity (Wildman–Crippen MR) is 169 cm³/mol. The Labute approximate surface area is 250 Å². The van der Waals surface area contributed by atoms with E-state index in [2.05, 4.69) is 36.4 Å². The molecule has 4 aromatic rings. The molecule has 5 rings (SSSR count). The van der Waals surface area contributed by atoms with Crippen molar-refractivity contribution in [3.8, 4) is 5.69 Å². The number of aryl methyl sites for hydroxylation is 2. The number of anilines is 2.